The summed E-state index contributed by atoms with van der Waals surface area (Å²) in [5.41, 5.74) is 8.03. The van der Waals surface area contributed by atoms with Crippen molar-refractivity contribution in [2.75, 3.05) is 20.3 Å². The van der Waals surface area contributed by atoms with E-state index in [4.69, 9.17) is 15.2 Å². The van der Waals surface area contributed by atoms with Gasteiger partial charge in [-0.15, -0.1) is 12.4 Å². The molecule has 0 saturated heterocycles. The lowest BCUT2D eigenvalue weighted by Gasteiger charge is -2.12. The van der Waals surface area contributed by atoms with Gasteiger partial charge in [0, 0.05) is 26.1 Å². The lowest BCUT2D eigenvalue weighted by atomic mass is 10.0. The van der Waals surface area contributed by atoms with E-state index in [1.54, 1.807) is 7.11 Å². The maximum absolute atomic E-state index is 12.0. The third-order valence-corrected chi connectivity index (χ3v) is 3.60. The Bertz CT molecular complexity index is 620. The average Bonchev–Trinajstić information content (AvgIpc) is 2.62. The van der Waals surface area contributed by atoms with Gasteiger partial charge in [-0.3, -0.25) is 4.79 Å². The third-order valence-electron chi connectivity index (χ3n) is 3.60. The largest absolute Gasteiger partial charge is 0.491 e. The lowest BCUT2D eigenvalue weighted by Crippen LogP contribution is -2.27. The monoisotopic (exact) mass is 364 g/mol. The van der Waals surface area contributed by atoms with Crippen LogP contribution in [0.4, 0.5) is 0 Å². The number of ether oxygens (including phenoxy) is 2. The van der Waals surface area contributed by atoms with Gasteiger partial charge < -0.3 is 20.5 Å². The predicted octanol–water partition coefficient (Wildman–Crippen LogP) is 2.84. The van der Waals surface area contributed by atoms with Gasteiger partial charge in [-0.1, -0.05) is 42.5 Å². The molecule has 0 fully saturated rings. The molecular formula is C19H25ClN2O3. The van der Waals surface area contributed by atoms with Crippen LogP contribution in [0.1, 0.15) is 23.6 Å². The van der Waals surface area contributed by atoms with Gasteiger partial charge in [0.1, 0.15) is 12.4 Å². The number of methoxy groups -OCH3 is 1. The van der Waals surface area contributed by atoms with Gasteiger partial charge in [-0.05, 0) is 23.3 Å². The van der Waals surface area contributed by atoms with E-state index >= 15 is 0 Å². The summed E-state index contributed by atoms with van der Waals surface area (Å²) in [6.07, 6.45) is 0.266. The van der Waals surface area contributed by atoms with Crippen molar-refractivity contribution in [3.8, 4) is 5.75 Å². The molecule has 0 heterocycles. The zero-order valence-electron chi connectivity index (χ0n) is 14.3. The van der Waals surface area contributed by atoms with Crippen molar-refractivity contribution in [2.24, 2.45) is 5.73 Å². The first-order valence-electron chi connectivity index (χ1n) is 7.97. The Kier molecular flexibility index (Phi) is 9.62. The van der Waals surface area contributed by atoms with E-state index in [0.29, 0.717) is 19.8 Å². The zero-order chi connectivity index (χ0) is 17.2. The molecule has 3 N–H and O–H groups in total. The molecule has 136 valence electrons. The number of nitrogens with two attached hydrogens (primary N) is 1. The van der Waals surface area contributed by atoms with E-state index in [-0.39, 0.29) is 30.8 Å². The predicted molar refractivity (Wildman–Crippen MR) is 101 cm³/mol. The van der Waals surface area contributed by atoms with Crippen LogP contribution in [0, 0.1) is 0 Å². The minimum atomic E-state index is -0.289. The minimum absolute atomic E-state index is 0. The Balaban J connectivity index is 0.00000312. The molecule has 0 bridgehead atoms. The van der Waals surface area contributed by atoms with E-state index < -0.39 is 0 Å². The number of amides is 1. The summed E-state index contributed by atoms with van der Waals surface area (Å²) in [7, 11) is 1.64. The van der Waals surface area contributed by atoms with Crippen LogP contribution >= 0.6 is 12.4 Å². The van der Waals surface area contributed by atoms with Crippen LogP contribution in [0.5, 0.6) is 5.75 Å². The first-order chi connectivity index (χ1) is 11.7. The highest BCUT2D eigenvalue weighted by Gasteiger charge is 2.11. The van der Waals surface area contributed by atoms with Crippen LogP contribution < -0.4 is 15.8 Å². The number of nitrogens with one attached hydrogen (secondary N) is 1. The van der Waals surface area contributed by atoms with Crippen LogP contribution in [-0.4, -0.2) is 26.2 Å². The fourth-order valence-corrected chi connectivity index (χ4v) is 2.24. The highest BCUT2D eigenvalue weighted by atomic mass is 35.5. The SMILES string of the molecule is COCCOc1ccc(CNC(=O)CC(N)c2ccccc2)cc1.Cl. The standard InChI is InChI=1S/C19H24N2O3.ClH/c1-23-11-12-24-17-9-7-15(8-10-17)14-21-19(22)13-18(20)16-5-3-2-4-6-16;/h2-10,18H,11-14,20H2,1H3,(H,21,22);1H. The maximum atomic E-state index is 12.0. The average molecular weight is 365 g/mol. The molecule has 5 nitrogen and oxygen atoms in total. The van der Waals surface area contributed by atoms with E-state index in [1.165, 1.54) is 0 Å². The molecule has 25 heavy (non-hydrogen) atoms. The number of hydrogen-bond donors (Lipinski definition) is 2. The van der Waals surface area contributed by atoms with Crippen LogP contribution in [0.3, 0.4) is 0 Å². The van der Waals surface area contributed by atoms with E-state index in [9.17, 15) is 4.79 Å². The van der Waals surface area contributed by atoms with Crippen molar-refractivity contribution in [2.45, 2.75) is 19.0 Å². The number of hydrogen-bond acceptors (Lipinski definition) is 4. The van der Waals surface area contributed by atoms with Gasteiger partial charge >= 0.3 is 0 Å². The van der Waals surface area contributed by atoms with Crippen molar-refractivity contribution < 1.29 is 14.3 Å². The van der Waals surface area contributed by atoms with Crippen LogP contribution in [0.2, 0.25) is 0 Å². The summed E-state index contributed by atoms with van der Waals surface area (Å²) in [6.45, 7) is 1.54. The fraction of sp³-hybridized carbons (Fsp3) is 0.316. The number of rotatable bonds is 9. The number of carbonyl (C=O) groups is 1. The van der Waals surface area contributed by atoms with Crippen molar-refractivity contribution in [1.29, 1.82) is 0 Å². The van der Waals surface area contributed by atoms with Crippen molar-refractivity contribution in [1.82, 2.24) is 5.32 Å². The topological polar surface area (TPSA) is 73.6 Å². The third kappa shape index (κ3) is 7.56. The Morgan fingerprint density at radius 3 is 2.40 bits per heavy atom. The van der Waals surface area contributed by atoms with Crippen molar-refractivity contribution in [3.63, 3.8) is 0 Å². The number of benzene rings is 2. The normalized spacial score (nSPS) is 11.3. The summed E-state index contributed by atoms with van der Waals surface area (Å²) < 4.78 is 10.4. The molecular weight excluding hydrogens is 340 g/mol. The van der Waals surface area contributed by atoms with E-state index in [0.717, 1.165) is 16.9 Å². The Labute approximate surface area is 154 Å². The molecule has 1 amide bonds. The second-order valence-electron chi connectivity index (χ2n) is 5.48. The summed E-state index contributed by atoms with van der Waals surface area (Å²) in [5.74, 6) is 0.722. The van der Waals surface area contributed by atoms with Gasteiger partial charge in [-0.25, -0.2) is 0 Å². The molecule has 0 saturated carbocycles. The molecule has 0 spiro atoms. The molecule has 0 aliphatic carbocycles. The summed E-state index contributed by atoms with van der Waals surface area (Å²) in [4.78, 5) is 12.0. The summed E-state index contributed by atoms with van der Waals surface area (Å²) in [5, 5.41) is 2.89. The molecule has 0 radical (unpaired) electrons. The molecule has 1 unspecified atom stereocenters. The van der Waals surface area contributed by atoms with Gasteiger partial charge in [0.25, 0.3) is 0 Å². The first kappa shape index (κ1) is 21.0. The van der Waals surface area contributed by atoms with Gasteiger partial charge in [-0.2, -0.15) is 0 Å². The van der Waals surface area contributed by atoms with E-state index in [1.807, 2.05) is 54.6 Å². The minimum Gasteiger partial charge on any atom is -0.491 e. The van der Waals surface area contributed by atoms with Crippen LogP contribution in [0.15, 0.2) is 54.6 Å². The molecule has 0 aromatic heterocycles. The van der Waals surface area contributed by atoms with Crippen molar-refractivity contribution in [3.05, 3.63) is 65.7 Å². The molecule has 2 aromatic carbocycles. The van der Waals surface area contributed by atoms with Gasteiger partial charge in [0.05, 0.1) is 6.61 Å². The second-order valence-corrected chi connectivity index (χ2v) is 5.48. The van der Waals surface area contributed by atoms with Gasteiger partial charge in [0.2, 0.25) is 5.91 Å². The fourth-order valence-electron chi connectivity index (χ4n) is 2.24. The molecule has 0 aliphatic heterocycles. The first-order valence-corrected chi connectivity index (χ1v) is 7.97. The highest BCUT2D eigenvalue weighted by molar-refractivity contribution is 5.85. The molecule has 2 rings (SSSR count). The lowest BCUT2D eigenvalue weighted by molar-refractivity contribution is -0.121. The molecule has 0 aliphatic rings. The quantitative estimate of drug-likeness (QED) is 0.671. The molecule has 1 atom stereocenters. The van der Waals surface area contributed by atoms with Gasteiger partial charge in [0.15, 0.2) is 0 Å². The zero-order valence-corrected chi connectivity index (χ0v) is 15.1. The number of halogens is 1. The van der Waals surface area contributed by atoms with E-state index in [2.05, 4.69) is 5.32 Å². The van der Waals surface area contributed by atoms with Crippen LogP contribution in [-0.2, 0) is 16.1 Å². The Morgan fingerprint density at radius 2 is 1.76 bits per heavy atom. The smallest absolute Gasteiger partial charge is 0.222 e. The van der Waals surface area contributed by atoms with Crippen molar-refractivity contribution >= 4 is 18.3 Å². The summed E-state index contributed by atoms with van der Waals surface area (Å²) >= 11 is 0. The Hall–Kier alpha value is -2.08. The summed E-state index contributed by atoms with van der Waals surface area (Å²) in [6, 6.07) is 17.0. The second kappa shape index (κ2) is 11.5. The Morgan fingerprint density at radius 1 is 1.08 bits per heavy atom. The molecule has 6 heteroatoms. The number of carbonyl (C=O) groups excluding carboxylic acids is 1. The maximum Gasteiger partial charge on any atom is 0.222 e. The highest BCUT2D eigenvalue weighted by Crippen LogP contribution is 2.14. The van der Waals surface area contributed by atoms with Crippen LogP contribution in [0.25, 0.3) is 0 Å². The molecule has 2 aromatic rings.